The number of hydrogen-bond acceptors (Lipinski definition) is 7. The monoisotopic (exact) mass is 502 g/mol. The van der Waals surface area contributed by atoms with Crippen molar-refractivity contribution in [2.24, 2.45) is 0 Å². The van der Waals surface area contributed by atoms with E-state index < -0.39 is 17.5 Å². The molecule has 9 nitrogen and oxygen atoms in total. The van der Waals surface area contributed by atoms with E-state index in [4.69, 9.17) is 9.26 Å². The SMILES string of the molecule is CCOc1noc(C2CC(c3ccc(OC(F)(F)F)cc3)CN(C(=O)N3CC[S+]([O-])CC3)C2)n1. The van der Waals surface area contributed by atoms with Crippen molar-refractivity contribution in [1.29, 1.82) is 0 Å². The molecule has 34 heavy (non-hydrogen) atoms. The van der Waals surface area contributed by atoms with Gasteiger partial charge in [0.1, 0.15) is 17.3 Å². The van der Waals surface area contributed by atoms with E-state index in [1.54, 1.807) is 28.9 Å². The molecule has 0 radical (unpaired) electrons. The summed E-state index contributed by atoms with van der Waals surface area (Å²) in [5.74, 6) is 0.445. The minimum absolute atomic E-state index is 0.115. The Bertz CT molecular complexity index is 966. The van der Waals surface area contributed by atoms with Gasteiger partial charge in [-0.25, -0.2) is 4.79 Å². The van der Waals surface area contributed by atoms with E-state index in [1.165, 1.54) is 12.1 Å². The van der Waals surface area contributed by atoms with Gasteiger partial charge in [0, 0.05) is 19.0 Å². The molecular weight excluding hydrogens is 477 g/mol. The average molecular weight is 503 g/mol. The van der Waals surface area contributed by atoms with Gasteiger partial charge in [-0.2, -0.15) is 4.98 Å². The van der Waals surface area contributed by atoms with Crippen molar-refractivity contribution < 1.29 is 36.5 Å². The molecule has 0 aliphatic carbocycles. The van der Waals surface area contributed by atoms with Crippen LogP contribution in [0.3, 0.4) is 0 Å². The Balaban J connectivity index is 1.54. The second-order valence-corrected chi connectivity index (χ2v) is 9.81. The molecule has 13 heteroatoms. The van der Waals surface area contributed by atoms with Gasteiger partial charge in [0.15, 0.2) is 0 Å². The predicted octanol–water partition coefficient (Wildman–Crippen LogP) is 3.12. The maximum Gasteiger partial charge on any atom is 0.573 e. The highest BCUT2D eigenvalue weighted by atomic mass is 32.2. The number of rotatable bonds is 5. The lowest BCUT2D eigenvalue weighted by Gasteiger charge is -2.40. The molecule has 186 valence electrons. The summed E-state index contributed by atoms with van der Waals surface area (Å²) in [4.78, 5) is 20.9. The third-order valence-electron chi connectivity index (χ3n) is 5.80. The smallest absolute Gasteiger partial charge is 0.573 e. The fraction of sp³-hybridized carbons (Fsp3) is 0.571. The van der Waals surface area contributed by atoms with Gasteiger partial charge in [-0.1, -0.05) is 23.3 Å². The minimum Gasteiger partial charge on any atom is -0.616 e. The van der Waals surface area contributed by atoms with E-state index in [0.29, 0.717) is 56.6 Å². The summed E-state index contributed by atoms with van der Waals surface area (Å²) in [5, 5.41) is 3.81. The Labute approximate surface area is 197 Å². The van der Waals surface area contributed by atoms with Crippen LogP contribution < -0.4 is 9.47 Å². The van der Waals surface area contributed by atoms with Crippen molar-refractivity contribution in [2.45, 2.75) is 31.5 Å². The lowest BCUT2D eigenvalue weighted by Crippen LogP contribution is -2.53. The molecule has 2 aromatic rings. The molecule has 0 saturated carbocycles. The average Bonchev–Trinajstić information content (AvgIpc) is 3.27. The van der Waals surface area contributed by atoms with Crippen LogP contribution >= 0.6 is 0 Å². The number of carbonyl (C=O) groups excluding carboxylic acids is 1. The van der Waals surface area contributed by atoms with Gasteiger partial charge < -0.3 is 28.3 Å². The van der Waals surface area contributed by atoms with Crippen LogP contribution in [-0.4, -0.2) is 81.2 Å². The van der Waals surface area contributed by atoms with Crippen molar-refractivity contribution in [3.05, 3.63) is 35.7 Å². The molecule has 0 bridgehead atoms. The van der Waals surface area contributed by atoms with E-state index in [9.17, 15) is 22.5 Å². The third-order valence-corrected chi connectivity index (χ3v) is 7.08. The number of benzene rings is 1. The summed E-state index contributed by atoms with van der Waals surface area (Å²) in [7, 11) is 0. The molecule has 2 fully saturated rings. The van der Waals surface area contributed by atoms with E-state index >= 15 is 0 Å². The van der Waals surface area contributed by atoms with Crippen molar-refractivity contribution in [2.75, 3.05) is 44.3 Å². The summed E-state index contributed by atoms with van der Waals surface area (Å²) in [6.45, 7) is 3.72. The van der Waals surface area contributed by atoms with Gasteiger partial charge in [-0.15, -0.1) is 13.2 Å². The Morgan fingerprint density at radius 1 is 1.18 bits per heavy atom. The Morgan fingerprint density at radius 2 is 1.85 bits per heavy atom. The number of urea groups is 1. The fourth-order valence-electron chi connectivity index (χ4n) is 4.22. The second-order valence-electron chi connectivity index (χ2n) is 8.12. The number of ether oxygens (including phenoxy) is 2. The van der Waals surface area contributed by atoms with Gasteiger partial charge in [0.05, 0.1) is 25.6 Å². The Hall–Kier alpha value is -2.67. The molecule has 2 aliphatic heterocycles. The number of carbonyl (C=O) groups is 1. The van der Waals surface area contributed by atoms with Crippen molar-refractivity contribution >= 4 is 17.2 Å². The first-order valence-corrected chi connectivity index (χ1v) is 12.4. The highest BCUT2D eigenvalue weighted by molar-refractivity contribution is 7.91. The number of hydrogen-bond donors (Lipinski definition) is 0. The molecule has 4 rings (SSSR count). The molecule has 2 amide bonds. The van der Waals surface area contributed by atoms with E-state index in [1.807, 2.05) is 0 Å². The first kappa shape index (κ1) is 24.5. The van der Waals surface area contributed by atoms with Gasteiger partial charge >= 0.3 is 18.4 Å². The number of piperidine rings is 1. The van der Waals surface area contributed by atoms with Crippen LogP contribution in [0.4, 0.5) is 18.0 Å². The topological polar surface area (TPSA) is 104 Å². The molecule has 2 aliphatic rings. The number of halogens is 3. The number of alkyl halides is 3. The molecule has 3 heterocycles. The molecule has 2 atom stereocenters. The molecule has 1 aromatic heterocycles. The molecular formula is C21H25F3N4O5S. The first-order valence-electron chi connectivity index (χ1n) is 10.9. The standard InChI is InChI=1S/C21H25F3N4O5S/c1-2-31-19-25-18(33-26-19)16-11-15(14-3-5-17(6-4-14)32-21(22,23)24)12-28(13-16)20(29)27-7-9-34(30)10-8-27/h3-6,15-16H,2,7-13H2,1H3. The van der Waals surface area contributed by atoms with Crippen molar-refractivity contribution in [1.82, 2.24) is 19.9 Å². The van der Waals surface area contributed by atoms with Gasteiger partial charge in [0.25, 0.3) is 0 Å². The first-order chi connectivity index (χ1) is 16.2. The van der Waals surface area contributed by atoms with Gasteiger partial charge in [-0.05, 0) is 36.2 Å². The van der Waals surface area contributed by atoms with Crippen LogP contribution in [0, 0.1) is 0 Å². The summed E-state index contributed by atoms with van der Waals surface area (Å²) >= 11 is -0.916. The second kappa shape index (κ2) is 10.3. The van der Waals surface area contributed by atoms with E-state index in [0.717, 1.165) is 5.56 Å². The summed E-state index contributed by atoms with van der Waals surface area (Å²) in [6.07, 6.45) is -4.21. The minimum atomic E-state index is -4.77. The number of likely N-dealkylation sites (tertiary alicyclic amines) is 1. The van der Waals surface area contributed by atoms with Crippen LogP contribution in [0.5, 0.6) is 11.8 Å². The van der Waals surface area contributed by atoms with Crippen LogP contribution in [0.1, 0.15) is 36.6 Å². The highest BCUT2D eigenvalue weighted by Gasteiger charge is 2.37. The molecule has 2 unspecified atom stereocenters. The summed E-state index contributed by atoms with van der Waals surface area (Å²) < 4.78 is 63.8. The zero-order valence-corrected chi connectivity index (χ0v) is 19.3. The zero-order chi connectivity index (χ0) is 24.3. The van der Waals surface area contributed by atoms with Crippen LogP contribution in [0.25, 0.3) is 0 Å². The summed E-state index contributed by atoms with van der Waals surface area (Å²) in [6, 6.07) is 5.61. The molecule has 1 aromatic carbocycles. The molecule has 0 spiro atoms. The van der Waals surface area contributed by atoms with Gasteiger partial charge in [-0.3, -0.25) is 0 Å². The van der Waals surface area contributed by atoms with Crippen molar-refractivity contribution in [3.8, 4) is 11.8 Å². The molecule has 2 saturated heterocycles. The van der Waals surface area contributed by atoms with Crippen molar-refractivity contribution in [3.63, 3.8) is 0 Å². The number of amides is 2. The number of nitrogens with zero attached hydrogens (tertiary/aromatic N) is 4. The summed E-state index contributed by atoms with van der Waals surface area (Å²) in [5.41, 5.74) is 0.765. The predicted molar refractivity (Wildman–Crippen MR) is 115 cm³/mol. The maximum atomic E-state index is 13.2. The lowest BCUT2D eigenvalue weighted by atomic mass is 9.84. The lowest BCUT2D eigenvalue weighted by molar-refractivity contribution is -0.274. The largest absolute Gasteiger partial charge is 0.616 e. The van der Waals surface area contributed by atoms with E-state index in [2.05, 4.69) is 14.9 Å². The van der Waals surface area contributed by atoms with Crippen LogP contribution in [-0.2, 0) is 11.2 Å². The Kier molecular flexibility index (Phi) is 7.41. The molecule has 0 N–H and O–H groups in total. The van der Waals surface area contributed by atoms with Gasteiger partial charge in [0.2, 0.25) is 5.89 Å². The highest BCUT2D eigenvalue weighted by Crippen LogP contribution is 2.37. The van der Waals surface area contributed by atoms with Crippen LogP contribution in [0.15, 0.2) is 28.8 Å². The quantitative estimate of drug-likeness (QED) is 0.579. The normalized spacial score (nSPS) is 22.0. The van der Waals surface area contributed by atoms with Crippen LogP contribution in [0.2, 0.25) is 0 Å². The number of aromatic nitrogens is 2. The Morgan fingerprint density at radius 3 is 2.50 bits per heavy atom. The third kappa shape index (κ3) is 6.06. The zero-order valence-electron chi connectivity index (χ0n) is 18.5. The maximum absolute atomic E-state index is 13.2. The fourth-order valence-corrected chi connectivity index (χ4v) is 5.27. The van der Waals surface area contributed by atoms with E-state index in [-0.39, 0.29) is 29.6 Å².